The van der Waals surface area contributed by atoms with Crippen molar-refractivity contribution in [2.45, 2.75) is 58.3 Å². The smallest absolute Gasteiger partial charge is 0.0704 e. The second-order valence-corrected chi connectivity index (χ2v) is 8.68. The molecule has 1 fully saturated rings. The molecular formula is C16H26BrNS. The van der Waals surface area contributed by atoms with E-state index in [0.717, 1.165) is 0 Å². The summed E-state index contributed by atoms with van der Waals surface area (Å²) in [5.74, 6) is 0. The van der Waals surface area contributed by atoms with E-state index >= 15 is 0 Å². The van der Waals surface area contributed by atoms with Crippen molar-refractivity contribution in [3.63, 3.8) is 0 Å². The first-order valence-corrected chi connectivity index (χ1v) is 9.16. The number of rotatable bonds is 6. The molecule has 108 valence electrons. The molecule has 0 aliphatic heterocycles. The Morgan fingerprint density at radius 1 is 1.26 bits per heavy atom. The Labute approximate surface area is 130 Å². The Bertz CT molecular complexity index is 393. The van der Waals surface area contributed by atoms with Crippen molar-refractivity contribution in [3.05, 3.63) is 20.3 Å². The van der Waals surface area contributed by atoms with Crippen LogP contribution in [0, 0.1) is 12.3 Å². The molecular weight excluding hydrogens is 318 g/mol. The summed E-state index contributed by atoms with van der Waals surface area (Å²) in [6, 6.07) is 2.33. The fraction of sp³-hybridized carbons (Fsp3) is 0.750. The summed E-state index contributed by atoms with van der Waals surface area (Å²) in [4.78, 5) is 1.49. The molecule has 1 heterocycles. The second-order valence-electron chi connectivity index (χ2n) is 6.05. The third-order valence-electron chi connectivity index (χ3n) is 4.73. The van der Waals surface area contributed by atoms with Crippen molar-refractivity contribution in [2.75, 3.05) is 13.6 Å². The van der Waals surface area contributed by atoms with Gasteiger partial charge in [0.2, 0.25) is 0 Å². The molecule has 0 saturated heterocycles. The summed E-state index contributed by atoms with van der Waals surface area (Å²) < 4.78 is 1.29. The normalized spacial score (nSPS) is 18.7. The monoisotopic (exact) mass is 343 g/mol. The first-order chi connectivity index (χ1) is 9.15. The molecule has 0 unspecified atom stereocenters. The van der Waals surface area contributed by atoms with Crippen molar-refractivity contribution in [2.24, 2.45) is 5.41 Å². The molecule has 3 heteroatoms. The average Bonchev–Trinajstić information content (AvgIpc) is 2.74. The van der Waals surface area contributed by atoms with Gasteiger partial charge in [-0.3, -0.25) is 0 Å². The van der Waals surface area contributed by atoms with Crippen molar-refractivity contribution >= 4 is 27.3 Å². The van der Waals surface area contributed by atoms with E-state index in [4.69, 9.17) is 0 Å². The zero-order chi connectivity index (χ0) is 13.7. The molecule has 0 radical (unpaired) electrons. The standard InChI is InChI=1S/C16H26BrNS/c1-13-14(12-15(17)19-13)6-9-16(10-11-18-2)7-4-3-5-8-16/h12,18H,3-11H2,1-2H3. The van der Waals surface area contributed by atoms with Crippen LogP contribution in [-0.2, 0) is 6.42 Å². The summed E-state index contributed by atoms with van der Waals surface area (Å²) >= 11 is 5.49. The Morgan fingerprint density at radius 2 is 2.00 bits per heavy atom. The third-order valence-corrected chi connectivity index (χ3v) is 6.33. The molecule has 1 aliphatic rings. The molecule has 1 aliphatic carbocycles. The molecule has 0 bridgehead atoms. The highest BCUT2D eigenvalue weighted by Crippen LogP contribution is 2.43. The minimum Gasteiger partial charge on any atom is -0.320 e. The van der Waals surface area contributed by atoms with Crippen molar-refractivity contribution in [3.8, 4) is 0 Å². The van der Waals surface area contributed by atoms with Gasteiger partial charge in [0.05, 0.1) is 3.79 Å². The maximum Gasteiger partial charge on any atom is 0.0704 e. The van der Waals surface area contributed by atoms with E-state index in [1.165, 1.54) is 66.6 Å². The van der Waals surface area contributed by atoms with E-state index in [9.17, 15) is 0 Å². The predicted molar refractivity (Wildman–Crippen MR) is 89.1 cm³/mol. The van der Waals surface area contributed by atoms with Gasteiger partial charge in [-0.1, -0.05) is 19.3 Å². The van der Waals surface area contributed by atoms with Crippen LogP contribution in [-0.4, -0.2) is 13.6 Å². The van der Waals surface area contributed by atoms with Crippen LogP contribution in [0.2, 0.25) is 0 Å². The van der Waals surface area contributed by atoms with Gasteiger partial charge < -0.3 is 5.32 Å². The molecule has 2 rings (SSSR count). The Morgan fingerprint density at radius 3 is 2.58 bits per heavy atom. The first kappa shape index (κ1) is 15.5. The second kappa shape index (κ2) is 7.24. The average molecular weight is 344 g/mol. The maximum atomic E-state index is 3.61. The number of halogens is 1. The Kier molecular flexibility index (Phi) is 5.91. The molecule has 1 saturated carbocycles. The van der Waals surface area contributed by atoms with Crippen LogP contribution in [0.15, 0.2) is 9.85 Å². The summed E-state index contributed by atoms with van der Waals surface area (Å²) in [5, 5.41) is 3.35. The minimum absolute atomic E-state index is 0.613. The summed E-state index contributed by atoms with van der Waals surface area (Å²) in [7, 11) is 2.08. The van der Waals surface area contributed by atoms with Gasteiger partial charge in [-0.15, -0.1) is 11.3 Å². The predicted octanol–water partition coefficient (Wildman–Crippen LogP) is 5.31. The zero-order valence-corrected chi connectivity index (χ0v) is 14.6. The number of hydrogen-bond acceptors (Lipinski definition) is 2. The summed E-state index contributed by atoms with van der Waals surface area (Å²) in [6.45, 7) is 3.43. The fourth-order valence-electron chi connectivity index (χ4n) is 3.44. The van der Waals surface area contributed by atoms with Crippen LogP contribution in [0.25, 0.3) is 0 Å². The molecule has 0 spiro atoms. The molecule has 19 heavy (non-hydrogen) atoms. The fourth-order valence-corrected chi connectivity index (χ4v) is 5.24. The van der Waals surface area contributed by atoms with Crippen LogP contribution < -0.4 is 5.32 Å². The molecule has 1 nitrogen and oxygen atoms in total. The highest BCUT2D eigenvalue weighted by molar-refractivity contribution is 9.11. The third kappa shape index (κ3) is 4.30. The Balaban J connectivity index is 1.97. The minimum atomic E-state index is 0.613. The largest absolute Gasteiger partial charge is 0.320 e. The summed E-state index contributed by atoms with van der Waals surface area (Å²) in [5.41, 5.74) is 2.17. The van der Waals surface area contributed by atoms with Gasteiger partial charge in [0.1, 0.15) is 0 Å². The van der Waals surface area contributed by atoms with Gasteiger partial charge in [-0.25, -0.2) is 0 Å². The van der Waals surface area contributed by atoms with Crippen LogP contribution in [0.5, 0.6) is 0 Å². The lowest BCUT2D eigenvalue weighted by molar-refractivity contribution is 0.157. The van der Waals surface area contributed by atoms with Crippen molar-refractivity contribution in [1.82, 2.24) is 5.32 Å². The lowest BCUT2D eigenvalue weighted by Crippen LogP contribution is -2.29. The maximum absolute atomic E-state index is 3.61. The highest BCUT2D eigenvalue weighted by atomic mass is 79.9. The van der Waals surface area contributed by atoms with Crippen LogP contribution in [0.3, 0.4) is 0 Å². The van der Waals surface area contributed by atoms with E-state index in [1.807, 2.05) is 11.3 Å². The van der Waals surface area contributed by atoms with Crippen molar-refractivity contribution in [1.29, 1.82) is 0 Å². The van der Waals surface area contributed by atoms with Crippen LogP contribution in [0.1, 0.15) is 55.4 Å². The van der Waals surface area contributed by atoms with E-state index in [1.54, 1.807) is 5.56 Å². The lowest BCUT2D eigenvalue weighted by Gasteiger charge is -2.38. The molecule has 0 atom stereocenters. The SMILES string of the molecule is CNCCC1(CCc2cc(Br)sc2C)CCCCC1. The van der Waals surface area contributed by atoms with E-state index in [2.05, 4.69) is 41.3 Å². The van der Waals surface area contributed by atoms with Gasteiger partial charge in [0.25, 0.3) is 0 Å². The topological polar surface area (TPSA) is 12.0 Å². The molecule has 1 aromatic heterocycles. The van der Waals surface area contributed by atoms with E-state index < -0.39 is 0 Å². The molecule has 1 aromatic rings. The zero-order valence-electron chi connectivity index (χ0n) is 12.2. The van der Waals surface area contributed by atoms with Gasteiger partial charge in [0.15, 0.2) is 0 Å². The Hall–Kier alpha value is 0.140. The number of hydrogen-bond donors (Lipinski definition) is 1. The van der Waals surface area contributed by atoms with Crippen LogP contribution in [0.4, 0.5) is 0 Å². The van der Waals surface area contributed by atoms with Gasteiger partial charge >= 0.3 is 0 Å². The van der Waals surface area contributed by atoms with Gasteiger partial charge in [-0.2, -0.15) is 0 Å². The lowest BCUT2D eigenvalue weighted by atomic mass is 9.68. The number of aryl methyl sites for hydroxylation is 2. The van der Waals surface area contributed by atoms with Crippen LogP contribution >= 0.6 is 27.3 Å². The van der Waals surface area contributed by atoms with Crippen molar-refractivity contribution < 1.29 is 0 Å². The quantitative estimate of drug-likeness (QED) is 0.737. The molecule has 0 aromatic carbocycles. The number of nitrogens with one attached hydrogen (secondary N) is 1. The first-order valence-electron chi connectivity index (χ1n) is 7.55. The number of thiophene rings is 1. The molecule has 0 amide bonds. The molecule has 1 N–H and O–H groups in total. The van der Waals surface area contributed by atoms with Gasteiger partial charge in [0, 0.05) is 4.88 Å². The highest BCUT2D eigenvalue weighted by Gasteiger charge is 2.31. The van der Waals surface area contributed by atoms with Gasteiger partial charge in [-0.05, 0) is 85.6 Å². The summed E-state index contributed by atoms with van der Waals surface area (Å²) in [6.07, 6.45) is 11.2. The van der Waals surface area contributed by atoms with E-state index in [0.29, 0.717) is 5.41 Å². The van der Waals surface area contributed by atoms with E-state index in [-0.39, 0.29) is 0 Å².